The molecule has 0 saturated heterocycles. The molecule has 0 radical (unpaired) electrons. The summed E-state index contributed by atoms with van der Waals surface area (Å²) in [5.41, 5.74) is 6.34. The molecule has 0 aliphatic rings. The number of nitriles is 1. The summed E-state index contributed by atoms with van der Waals surface area (Å²) in [6, 6.07) is 4.53. The second-order valence-corrected chi connectivity index (χ2v) is 2.70. The molecule has 14 heavy (non-hydrogen) atoms. The number of hydrogen-bond donors (Lipinski definition) is 1. The molecule has 0 saturated carbocycles. The Morgan fingerprint density at radius 2 is 2.14 bits per heavy atom. The Morgan fingerprint density at radius 3 is 2.64 bits per heavy atom. The van der Waals surface area contributed by atoms with Crippen LogP contribution in [0.3, 0.4) is 0 Å². The zero-order valence-electron chi connectivity index (χ0n) is 7.42. The number of nitrogens with zero attached hydrogens (tertiary/aromatic N) is 1. The number of ether oxygens (including phenoxy) is 1. The molecule has 0 aliphatic carbocycles. The van der Waals surface area contributed by atoms with Crippen LogP contribution in [-0.2, 0) is 0 Å². The molecule has 0 atom stereocenters. The van der Waals surface area contributed by atoms with Crippen molar-refractivity contribution in [2.24, 2.45) is 0 Å². The average molecular weight is 198 g/mol. The van der Waals surface area contributed by atoms with Crippen LogP contribution in [0.15, 0.2) is 12.1 Å². The number of rotatable bonds is 2. The molecule has 0 heterocycles. The molecule has 0 amide bonds. The van der Waals surface area contributed by atoms with Crippen molar-refractivity contribution in [3.05, 3.63) is 23.3 Å². The maximum absolute atomic E-state index is 11.9. The maximum Gasteiger partial charge on any atom is 0.387 e. The maximum atomic E-state index is 11.9. The SMILES string of the molecule is Cc1cc(OC(F)F)c(N)cc1C#N. The van der Waals surface area contributed by atoms with Gasteiger partial charge in [-0.25, -0.2) is 0 Å². The lowest BCUT2D eigenvalue weighted by molar-refractivity contribution is -0.0493. The molecule has 1 rings (SSSR count). The number of halogens is 2. The molecule has 0 fully saturated rings. The molecule has 0 spiro atoms. The second-order valence-electron chi connectivity index (χ2n) is 2.70. The van der Waals surface area contributed by atoms with E-state index in [1.807, 2.05) is 6.07 Å². The van der Waals surface area contributed by atoms with E-state index in [0.29, 0.717) is 11.1 Å². The molecule has 1 aromatic carbocycles. The van der Waals surface area contributed by atoms with Crippen LogP contribution >= 0.6 is 0 Å². The first-order chi connectivity index (χ1) is 6.54. The Balaban J connectivity index is 3.10. The first-order valence-corrected chi connectivity index (χ1v) is 3.79. The minimum atomic E-state index is -2.91. The summed E-state index contributed by atoms with van der Waals surface area (Å²) in [6.07, 6.45) is 0. The van der Waals surface area contributed by atoms with Gasteiger partial charge in [0.15, 0.2) is 0 Å². The normalized spacial score (nSPS) is 9.93. The third-order valence-corrected chi connectivity index (χ3v) is 1.69. The Morgan fingerprint density at radius 1 is 1.50 bits per heavy atom. The summed E-state index contributed by atoms with van der Waals surface area (Å²) >= 11 is 0. The minimum absolute atomic E-state index is 0.0347. The summed E-state index contributed by atoms with van der Waals surface area (Å²) in [5.74, 6) is -0.100. The van der Waals surface area contributed by atoms with Crippen LogP contribution in [0.5, 0.6) is 5.75 Å². The van der Waals surface area contributed by atoms with Gasteiger partial charge < -0.3 is 10.5 Å². The van der Waals surface area contributed by atoms with Crippen molar-refractivity contribution in [2.75, 3.05) is 5.73 Å². The molecule has 2 N–H and O–H groups in total. The fourth-order valence-corrected chi connectivity index (χ4v) is 1.02. The average Bonchev–Trinajstić information content (AvgIpc) is 2.10. The van der Waals surface area contributed by atoms with Crippen LogP contribution in [0.4, 0.5) is 14.5 Å². The Labute approximate surface area is 79.7 Å². The first kappa shape index (κ1) is 10.3. The van der Waals surface area contributed by atoms with Gasteiger partial charge in [-0.2, -0.15) is 14.0 Å². The van der Waals surface area contributed by atoms with E-state index in [4.69, 9.17) is 11.0 Å². The van der Waals surface area contributed by atoms with Crippen molar-refractivity contribution in [3.63, 3.8) is 0 Å². The summed E-state index contributed by atoms with van der Waals surface area (Å²) in [7, 11) is 0. The summed E-state index contributed by atoms with van der Waals surface area (Å²) in [4.78, 5) is 0. The van der Waals surface area contributed by atoms with Gasteiger partial charge in [0.2, 0.25) is 0 Å². The van der Waals surface area contributed by atoms with Gasteiger partial charge in [-0.15, -0.1) is 0 Å². The van der Waals surface area contributed by atoms with Crippen LogP contribution in [-0.4, -0.2) is 6.61 Å². The number of benzene rings is 1. The molecular formula is C9H8F2N2O. The number of aryl methyl sites for hydroxylation is 1. The van der Waals surface area contributed by atoms with Crippen molar-refractivity contribution < 1.29 is 13.5 Å². The highest BCUT2D eigenvalue weighted by Gasteiger charge is 2.10. The molecular weight excluding hydrogens is 190 g/mol. The monoisotopic (exact) mass is 198 g/mol. The lowest BCUT2D eigenvalue weighted by Gasteiger charge is -2.09. The van der Waals surface area contributed by atoms with E-state index < -0.39 is 6.61 Å². The van der Waals surface area contributed by atoms with E-state index in [0.717, 1.165) is 0 Å². The van der Waals surface area contributed by atoms with Gasteiger partial charge in [0.05, 0.1) is 17.3 Å². The first-order valence-electron chi connectivity index (χ1n) is 3.79. The fraction of sp³-hybridized carbons (Fsp3) is 0.222. The number of hydrogen-bond acceptors (Lipinski definition) is 3. The molecule has 0 aliphatic heterocycles. The van der Waals surface area contributed by atoms with Gasteiger partial charge in [0.25, 0.3) is 0 Å². The van der Waals surface area contributed by atoms with Gasteiger partial charge in [-0.05, 0) is 24.6 Å². The third kappa shape index (κ3) is 2.10. The Bertz CT molecular complexity index is 385. The smallest absolute Gasteiger partial charge is 0.387 e. The van der Waals surface area contributed by atoms with Crippen molar-refractivity contribution in [2.45, 2.75) is 13.5 Å². The zero-order valence-corrected chi connectivity index (χ0v) is 7.42. The highest BCUT2D eigenvalue weighted by atomic mass is 19.3. The van der Waals surface area contributed by atoms with Crippen molar-refractivity contribution in [1.29, 1.82) is 5.26 Å². The molecule has 5 heteroatoms. The minimum Gasteiger partial charge on any atom is -0.433 e. The summed E-state index contributed by atoms with van der Waals surface area (Å²) < 4.78 is 27.9. The van der Waals surface area contributed by atoms with Crippen LogP contribution in [0.2, 0.25) is 0 Å². The van der Waals surface area contributed by atoms with Crippen molar-refractivity contribution in [1.82, 2.24) is 0 Å². The molecule has 0 bridgehead atoms. The van der Waals surface area contributed by atoms with Gasteiger partial charge in [-0.3, -0.25) is 0 Å². The van der Waals surface area contributed by atoms with Crippen molar-refractivity contribution in [3.8, 4) is 11.8 Å². The van der Waals surface area contributed by atoms with Crippen LogP contribution in [0.1, 0.15) is 11.1 Å². The van der Waals surface area contributed by atoms with Crippen LogP contribution in [0, 0.1) is 18.3 Å². The Hall–Kier alpha value is -1.83. The van der Waals surface area contributed by atoms with E-state index in [-0.39, 0.29) is 11.4 Å². The highest BCUT2D eigenvalue weighted by molar-refractivity contribution is 5.59. The summed E-state index contributed by atoms with van der Waals surface area (Å²) in [5, 5.41) is 8.62. The number of anilines is 1. The van der Waals surface area contributed by atoms with E-state index >= 15 is 0 Å². The highest BCUT2D eigenvalue weighted by Crippen LogP contribution is 2.26. The predicted octanol–water partition coefficient (Wildman–Crippen LogP) is 2.05. The summed E-state index contributed by atoms with van der Waals surface area (Å²) in [6.45, 7) is -1.29. The zero-order chi connectivity index (χ0) is 10.7. The molecule has 3 nitrogen and oxygen atoms in total. The van der Waals surface area contributed by atoms with E-state index in [1.54, 1.807) is 6.92 Å². The number of nitrogen functional groups attached to an aromatic ring is 1. The number of alkyl halides is 2. The van der Waals surface area contributed by atoms with Gasteiger partial charge in [-0.1, -0.05) is 0 Å². The Kier molecular flexibility index (Phi) is 2.87. The predicted molar refractivity (Wildman–Crippen MR) is 46.9 cm³/mol. The lowest BCUT2D eigenvalue weighted by atomic mass is 10.1. The van der Waals surface area contributed by atoms with Gasteiger partial charge >= 0.3 is 6.61 Å². The van der Waals surface area contributed by atoms with Crippen LogP contribution in [0.25, 0.3) is 0 Å². The van der Waals surface area contributed by atoms with Crippen LogP contribution < -0.4 is 10.5 Å². The largest absolute Gasteiger partial charge is 0.433 e. The van der Waals surface area contributed by atoms with Gasteiger partial charge in [0, 0.05) is 0 Å². The fourth-order valence-electron chi connectivity index (χ4n) is 1.02. The van der Waals surface area contributed by atoms with E-state index in [1.165, 1.54) is 12.1 Å². The van der Waals surface area contributed by atoms with E-state index in [9.17, 15) is 8.78 Å². The topological polar surface area (TPSA) is 59.0 Å². The molecule has 0 aromatic heterocycles. The van der Waals surface area contributed by atoms with Gasteiger partial charge in [0.1, 0.15) is 5.75 Å². The number of nitrogens with two attached hydrogens (primary N) is 1. The molecule has 74 valence electrons. The van der Waals surface area contributed by atoms with Crippen molar-refractivity contribution >= 4 is 5.69 Å². The molecule has 1 aromatic rings. The third-order valence-electron chi connectivity index (χ3n) is 1.69. The van der Waals surface area contributed by atoms with E-state index in [2.05, 4.69) is 4.74 Å². The lowest BCUT2D eigenvalue weighted by Crippen LogP contribution is -2.05. The quantitative estimate of drug-likeness (QED) is 0.740. The standard InChI is InChI=1S/C9H8F2N2O/c1-5-2-8(14-9(10)11)7(13)3-6(5)4-12/h2-3,9H,13H2,1H3. The second kappa shape index (κ2) is 3.92. The molecule has 0 unspecified atom stereocenters.